The monoisotopic (exact) mass is 287 g/mol. The molecule has 4 nitrogen and oxygen atoms in total. The summed E-state index contributed by atoms with van der Waals surface area (Å²) in [6.45, 7) is 2.41. The van der Waals surface area contributed by atoms with Gasteiger partial charge in [-0.3, -0.25) is 4.99 Å². The maximum Gasteiger partial charge on any atom is 0.239 e. The third-order valence-corrected chi connectivity index (χ3v) is 2.80. The molecule has 110 valence electrons. The molecule has 0 aromatic rings. The molecule has 0 spiro atoms. The molecular weight excluding hydrogens is 269 g/mol. The predicted molar refractivity (Wildman–Crippen MR) is 83.8 cm³/mol. The van der Waals surface area contributed by atoms with Crippen molar-refractivity contribution in [1.82, 2.24) is 0 Å². The highest BCUT2D eigenvalue weighted by Crippen LogP contribution is 2.16. The lowest BCUT2D eigenvalue weighted by Gasteiger charge is -2.11. The van der Waals surface area contributed by atoms with Gasteiger partial charge < -0.3 is 10.5 Å². The minimum Gasteiger partial charge on any atom is -0.472 e. The number of ether oxygens (including phenoxy) is 1. The van der Waals surface area contributed by atoms with Crippen molar-refractivity contribution >= 4 is 11.6 Å². The molecule has 0 atom stereocenters. The topological polar surface area (TPSA) is 60.0 Å². The van der Waals surface area contributed by atoms with Crippen molar-refractivity contribution in [3.05, 3.63) is 59.8 Å². The standard InChI is InChI=1S/C16H18FN3O/c1-12(18)10-15(16-19-8-5-9-21-16)20-11-13-6-3-2-4-7-14(13)17/h2,4-8,10H,3,9,11,18H2,1H3. The summed E-state index contributed by atoms with van der Waals surface area (Å²) in [7, 11) is 0. The van der Waals surface area contributed by atoms with Crippen LogP contribution in [0.5, 0.6) is 0 Å². The highest BCUT2D eigenvalue weighted by atomic mass is 19.1. The number of hydrogen-bond acceptors (Lipinski definition) is 4. The lowest BCUT2D eigenvalue weighted by atomic mass is 10.2. The van der Waals surface area contributed by atoms with Crippen molar-refractivity contribution in [1.29, 1.82) is 0 Å². The van der Waals surface area contributed by atoms with Gasteiger partial charge in [0.25, 0.3) is 0 Å². The summed E-state index contributed by atoms with van der Waals surface area (Å²) < 4.78 is 19.2. The molecule has 2 rings (SSSR count). The van der Waals surface area contributed by atoms with E-state index in [1.807, 2.05) is 12.2 Å². The summed E-state index contributed by atoms with van der Waals surface area (Å²) in [5.74, 6) is 0.130. The van der Waals surface area contributed by atoms with E-state index >= 15 is 0 Å². The Morgan fingerprint density at radius 3 is 3.10 bits per heavy atom. The highest BCUT2D eigenvalue weighted by Gasteiger charge is 2.11. The molecule has 1 heterocycles. The Kier molecular flexibility index (Phi) is 5.26. The summed E-state index contributed by atoms with van der Waals surface area (Å²) in [6, 6.07) is 0. The highest BCUT2D eigenvalue weighted by molar-refractivity contribution is 6.43. The van der Waals surface area contributed by atoms with Crippen molar-refractivity contribution in [3.63, 3.8) is 0 Å². The fourth-order valence-corrected chi connectivity index (χ4v) is 1.81. The Morgan fingerprint density at radius 1 is 1.52 bits per heavy atom. The van der Waals surface area contributed by atoms with Crippen LogP contribution in [0.2, 0.25) is 0 Å². The van der Waals surface area contributed by atoms with E-state index in [0.717, 1.165) is 0 Å². The van der Waals surface area contributed by atoms with Gasteiger partial charge in [0.1, 0.15) is 18.1 Å². The first-order valence-corrected chi connectivity index (χ1v) is 6.73. The fourth-order valence-electron chi connectivity index (χ4n) is 1.81. The van der Waals surface area contributed by atoms with E-state index < -0.39 is 0 Å². The molecule has 0 fully saturated rings. The van der Waals surface area contributed by atoms with Crippen LogP contribution in [0.3, 0.4) is 0 Å². The van der Waals surface area contributed by atoms with E-state index in [-0.39, 0.29) is 12.4 Å². The molecule has 1 aliphatic heterocycles. The molecule has 0 saturated carbocycles. The van der Waals surface area contributed by atoms with Gasteiger partial charge >= 0.3 is 0 Å². The fraction of sp³-hybridized carbons (Fsp3) is 0.250. The largest absolute Gasteiger partial charge is 0.472 e. The van der Waals surface area contributed by atoms with E-state index in [4.69, 9.17) is 10.5 Å². The molecule has 0 saturated heterocycles. The maximum atomic E-state index is 13.8. The molecule has 0 aromatic heterocycles. The van der Waals surface area contributed by atoms with Crippen molar-refractivity contribution in [3.8, 4) is 0 Å². The first kappa shape index (κ1) is 15.0. The van der Waals surface area contributed by atoms with Gasteiger partial charge in [0, 0.05) is 17.5 Å². The molecule has 1 aliphatic carbocycles. The minimum atomic E-state index is -0.272. The van der Waals surface area contributed by atoms with Crippen LogP contribution in [0.25, 0.3) is 0 Å². The lowest BCUT2D eigenvalue weighted by Crippen LogP contribution is -2.20. The Bertz CT molecular complexity index is 603. The minimum absolute atomic E-state index is 0.217. The average Bonchev–Trinajstić information content (AvgIpc) is 2.69. The molecular formula is C16H18FN3O. The zero-order valence-corrected chi connectivity index (χ0v) is 11.9. The number of allylic oxidation sites excluding steroid dienone is 5. The molecule has 0 unspecified atom stereocenters. The molecule has 0 amide bonds. The first-order chi connectivity index (χ1) is 10.2. The molecule has 21 heavy (non-hydrogen) atoms. The lowest BCUT2D eigenvalue weighted by molar-refractivity contribution is 0.352. The number of nitrogens with two attached hydrogens (primary N) is 1. The van der Waals surface area contributed by atoms with Crippen molar-refractivity contribution in [2.24, 2.45) is 15.7 Å². The number of nitrogens with zero attached hydrogens (tertiary/aromatic N) is 2. The van der Waals surface area contributed by atoms with Gasteiger partial charge in [-0.05, 0) is 31.6 Å². The zero-order chi connectivity index (χ0) is 15.1. The van der Waals surface area contributed by atoms with Crippen LogP contribution in [-0.4, -0.2) is 24.8 Å². The molecule has 2 N–H and O–H groups in total. The Hall–Kier alpha value is -2.43. The van der Waals surface area contributed by atoms with E-state index in [1.54, 1.807) is 31.4 Å². The van der Waals surface area contributed by atoms with E-state index in [0.29, 0.717) is 35.9 Å². The van der Waals surface area contributed by atoms with Crippen LogP contribution in [0, 0.1) is 0 Å². The van der Waals surface area contributed by atoms with E-state index in [9.17, 15) is 4.39 Å². The SMILES string of the molecule is CC(N)=CC(=NCC1=CCC=CC=C1F)C1=NC=CCO1. The number of aliphatic imine (C=N–C) groups is 2. The predicted octanol–water partition coefficient (Wildman–Crippen LogP) is 2.97. The van der Waals surface area contributed by atoms with Gasteiger partial charge in [-0.25, -0.2) is 9.38 Å². The van der Waals surface area contributed by atoms with E-state index in [2.05, 4.69) is 9.98 Å². The van der Waals surface area contributed by atoms with Crippen LogP contribution in [0.4, 0.5) is 4.39 Å². The quantitative estimate of drug-likeness (QED) is 0.808. The van der Waals surface area contributed by atoms with Crippen LogP contribution < -0.4 is 5.73 Å². The van der Waals surface area contributed by atoms with Gasteiger partial charge in [0.05, 0.1) is 6.54 Å². The third kappa shape index (κ3) is 4.56. The molecule has 0 bridgehead atoms. The Morgan fingerprint density at radius 2 is 2.38 bits per heavy atom. The van der Waals surface area contributed by atoms with Crippen LogP contribution in [-0.2, 0) is 4.74 Å². The number of hydrogen-bond donors (Lipinski definition) is 1. The van der Waals surface area contributed by atoms with E-state index in [1.165, 1.54) is 6.08 Å². The number of rotatable bonds is 4. The zero-order valence-electron chi connectivity index (χ0n) is 11.9. The molecule has 5 heteroatoms. The summed E-state index contributed by atoms with van der Waals surface area (Å²) >= 11 is 0. The van der Waals surface area contributed by atoms with Crippen LogP contribution in [0.15, 0.2) is 69.7 Å². The summed E-state index contributed by atoms with van der Waals surface area (Å²) in [4.78, 5) is 8.52. The molecule has 0 aromatic carbocycles. The molecule has 2 aliphatic rings. The third-order valence-electron chi connectivity index (χ3n) is 2.80. The Balaban J connectivity index is 2.21. The summed E-state index contributed by atoms with van der Waals surface area (Å²) in [6.07, 6.45) is 12.7. The average molecular weight is 287 g/mol. The van der Waals surface area contributed by atoms with Crippen molar-refractivity contribution in [2.75, 3.05) is 13.2 Å². The Labute approximate surface area is 123 Å². The van der Waals surface area contributed by atoms with Gasteiger partial charge in [0.15, 0.2) is 0 Å². The van der Waals surface area contributed by atoms with Gasteiger partial charge in [-0.2, -0.15) is 0 Å². The first-order valence-electron chi connectivity index (χ1n) is 6.73. The summed E-state index contributed by atoms with van der Waals surface area (Å²) in [5.41, 5.74) is 7.36. The normalized spacial score (nSPS) is 19.4. The molecule has 0 radical (unpaired) electrons. The second-order valence-corrected chi connectivity index (χ2v) is 4.63. The number of halogens is 1. The van der Waals surface area contributed by atoms with Crippen molar-refractivity contribution in [2.45, 2.75) is 13.3 Å². The van der Waals surface area contributed by atoms with Gasteiger partial charge in [0.2, 0.25) is 5.90 Å². The van der Waals surface area contributed by atoms with Gasteiger partial charge in [-0.15, -0.1) is 0 Å². The second kappa shape index (κ2) is 7.38. The second-order valence-electron chi connectivity index (χ2n) is 4.63. The van der Waals surface area contributed by atoms with Crippen molar-refractivity contribution < 1.29 is 9.13 Å². The van der Waals surface area contributed by atoms with Crippen LogP contribution >= 0.6 is 0 Å². The van der Waals surface area contributed by atoms with Gasteiger partial charge in [-0.1, -0.05) is 18.2 Å². The van der Waals surface area contributed by atoms with Crippen LogP contribution in [0.1, 0.15) is 13.3 Å². The smallest absolute Gasteiger partial charge is 0.239 e. The maximum absolute atomic E-state index is 13.8. The summed E-state index contributed by atoms with van der Waals surface area (Å²) in [5, 5.41) is 0.